The number of nitrogens with zero attached hydrogens (tertiary/aromatic N) is 1. The number of hydrogen-bond donors (Lipinski definition) is 2. The monoisotopic (exact) mass is 484 g/mol. The molecule has 2 N–H and O–H groups in total. The van der Waals surface area contributed by atoms with Gasteiger partial charge in [0.15, 0.2) is 0 Å². The third kappa shape index (κ3) is 4.13. The predicted molar refractivity (Wildman–Crippen MR) is 121 cm³/mol. The number of imide groups is 2. The maximum absolute atomic E-state index is 13.0. The molecule has 0 unspecified atom stereocenters. The number of anilines is 1. The normalized spacial score (nSPS) is 15.2. The van der Waals surface area contributed by atoms with Crippen LogP contribution in [0.2, 0.25) is 10.0 Å². The summed E-state index contributed by atoms with van der Waals surface area (Å²) in [6.45, 7) is 1.73. The number of rotatable bonds is 4. The summed E-state index contributed by atoms with van der Waals surface area (Å²) >= 11 is 12.1. The van der Waals surface area contributed by atoms with Crippen LogP contribution in [0, 0.1) is 6.92 Å². The molecule has 2 aromatic carbocycles. The molecule has 33 heavy (non-hydrogen) atoms. The van der Waals surface area contributed by atoms with Gasteiger partial charge in [0.25, 0.3) is 11.8 Å². The highest BCUT2D eigenvalue weighted by atomic mass is 35.5. The van der Waals surface area contributed by atoms with E-state index in [2.05, 4.69) is 5.32 Å². The average Bonchev–Trinajstić information content (AvgIpc) is 3.22. The minimum Gasteiger partial charge on any atom is -0.478 e. The third-order valence-corrected chi connectivity index (χ3v) is 5.73. The molecule has 0 spiro atoms. The average molecular weight is 485 g/mol. The van der Waals surface area contributed by atoms with Gasteiger partial charge in [-0.05, 0) is 55.0 Å². The van der Waals surface area contributed by atoms with E-state index in [9.17, 15) is 19.2 Å². The number of carboxylic acid groups (broad SMARTS) is 1. The second-order valence-corrected chi connectivity index (χ2v) is 7.85. The lowest BCUT2D eigenvalue weighted by Crippen LogP contribution is -2.54. The molecule has 0 atom stereocenters. The smallest absolute Gasteiger partial charge is 0.336 e. The topological polar surface area (TPSA) is 117 Å². The molecule has 0 bridgehead atoms. The van der Waals surface area contributed by atoms with Crippen molar-refractivity contribution in [1.29, 1.82) is 0 Å². The summed E-state index contributed by atoms with van der Waals surface area (Å²) in [6.07, 6.45) is 1.21. The van der Waals surface area contributed by atoms with Gasteiger partial charge in [0, 0.05) is 5.56 Å². The van der Waals surface area contributed by atoms with Gasteiger partial charge >= 0.3 is 12.0 Å². The minimum absolute atomic E-state index is 0.0167. The van der Waals surface area contributed by atoms with E-state index in [0.717, 1.165) is 4.90 Å². The van der Waals surface area contributed by atoms with E-state index in [1.807, 2.05) is 0 Å². The molecule has 166 valence electrons. The molecule has 4 rings (SSSR count). The Morgan fingerprint density at radius 2 is 1.85 bits per heavy atom. The molecular formula is C23H14Cl2N2O6. The van der Waals surface area contributed by atoms with Crippen molar-refractivity contribution in [2.24, 2.45) is 0 Å². The van der Waals surface area contributed by atoms with E-state index >= 15 is 0 Å². The van der Waals surface area contributed by atoms with E-state index < -0.39 is 23.8 Å². The Labute approximate surface area is 197 Å². The summed E-state index contributed by atoms with van der Waals surface area (Å²) in [5, 5.41) is 11.3. The number of carbonyl (C=O) groups is 4. The summed E-state index contributed by atoms with van der Waals surface area (Å²) in [5.74, 6) is -2.25. The van der Waals surface area contributed by atoms with Crippen molar-refractivity contribution >= 4 is 58.8 Å². The zero-order valence-corrected chi connectivity index (χ0v) is 18.4. The number of halogens is 2. The lowest BCUT2D eigenvalue weighted by Gasteiger charge is -2.27. The van der Waals surface area contributed by atoms with Crippen molar-refractivity contribution in [2.75, 3.05) is 4.90 Å². The van der Waals surface area contributed by atoms with Gasteiger partial charge in [0.1, 0.15) is 17.1 Å². The summed E-state index contributed by atoms with van der Waals surface area (Å²) in [5.41, 5.74) is 1.14. The Hall–Kier alpha value is -3.88. The Kier molecular flexibility index (Phi) is 5.80. The number of benzene rings is 2. The maximum atomic E-state index is 13.0. The molecule has 0 saturated carbocycles. The minimum atomic E-state index is -1.05. The van der Waals surface area contributed by atoms with Crippen LogP contribution in [0.1, 0.15) is 21.7 Å². The Balaban J connectivity index is 1.69. The van der Waals surface area contributed by atoms with Crippen LogP contribution >= 0.6 is 23.2 Å². The summed E-state index contributed by atoms with van der Waals surface area (Å²) in [4.78, 5) is 49.6. The van der Waals surface area contributed by atoms with Crippen LogP contribution in [0.4, 0.5) is 10.5 Å². The summed E-state index contributed by atoms with van der Waals surface area (Å²) in [7, 11) is 0. The van der Waals surface area contributed by atoms with Crippen LogP contribution in [0.5, 0.6) is 0 Å². The fraction of sp³-hybridized carbons (Fsp3) is 0.0435. The number of aryl methyl sites for hydroxylation is 1. The largest absolute Gasteiger partial charge is 0.478 e. The fourth-order valence-corrected chi connectivity index (χ4v) is 3.71. The lowest BCUT2D eigenvalue weighted by atomic mass is 10.0. The Morgan fingerprint density at radius 1 is 1.09 bits per heavy atom. The predicted octanol–water partition coefficient (Wildman–Crippen LogP) is 4.93. The quantitative estimate of drug-likeness (QED) is 0.400. The van der Waals surface area contributed by atoms with Crippen LogP contribution < -0.4 is 10.2 Å². The first-order chi connectivity index (χ1) is 15.7. The summed E-state index contributed by atoms with van der Waals surface area (Å²) in [6, 6.07) is 11.2. The maximum Gasteiger partial charge on any atom is 0.336 e. The number of carbonyl (C=O) groups excluding carboxylic acids is 3. The molecular weight excluding hydrogens is 471 g/mol. The molecule has 0 radical (unpaired) electrons. The molecule has 1 aliphatic rings. The SMILES string of the molecule is Cc1cc(C(=O)O)ccc1-c1ccc(/C=C2\C(=O)NC(=O)N(c3cccc(Cl)c3Cl)C2=O)o1. The number of amides is 4. The van der Waals surface area contributed by atoms with Crippen molar-refractivity contribution in [2.45, 2.75) is 6.92 Å². The fourth-order valence-electron chi connectivity index (χ4n) is 3.33. The first-order valence-corrected chi connectivity index (χ1v) is 10.2. The van der Waals surface area contributed by atoms with Gasteiger partial charge < -0.3 is 9.52 Å². The van der Waals surface area contributed by atoms with Gasteiger partial charge in [-0.3, -0.25) is 14.9 Å². The van der Waals surface area contributed by atoms with Gasteiger partial charge in [-0.1, -0.05) is 35.3 Å². The highest BCUT2D eigenvalue weighted by molar-refractivity contribution is 6.46. The number of barbiturate groups is 1. The third-order valence-electron chi connectivity index (χ3n) is 4.93. The van der Waals surface area contributed by atoms with Crippen molar-refractivity contribution in [1.82, 2.24) is 5.32 Å². The van der Waals surface area contributed by atoms with Crippen molar-refractivity contribution in [3.05, 3.63) is 81.0 Å². The molecule has 4 amide bonds. The zero-order valence-electron chi connectivity index (χ0n) is 16.9. The number of aromatic carboxylic acids is 1. The molecule has 1 aromatic heterocycles. The van der Waals surface area contributed by atoms with Gasteiger partial charge in [-0.25, -0.2) is 14.5 Å². The zero-order chi connectivity index (χ0) is 23.9. The number of nitrogens with one attached hydrogen (secondary N) is 1. The molecule has 10 heteroatoms. The van der Waals surface area contributed by atoms with E-state index in [-0.39, 0.29) is 32.6 Å². The summed E-state index contributed by atoms with van der Waals surface area (Å²) < 4.78 is 5.75. The number of urea groups is 1. The van der Waals surface area contributed by atoms with Crippen LogP contribution in [0.25, 0.3) is 17.4 Å². The Morgan fingerprint density at radius 3 is 2.55 bits per heavy atom. The van der Waals surface area contributed by atoms with E-state index in [1.165, 1.54) is 36.4 Å². The molecule has 1 saturated heterocycles. The van der Waals surface area contributed by atoms with Crippen LogP contribution in [-0.2, 0) is 9.59 Å². The number of hydrogen-bond acceptors (Lipinski definition) is 5. The van der Waals surface area contributed by atoms with E-state index in [0.29, 0.717) is 16.9 Å². The van der Waals surface area contributed by atoms with Gasteiger partial charge in [-0.2, -0.15) is 0 Å². The standard InChI is InChI=1S/C23H14Cl2N2O6/c1-11-9-12(22(30)31)5-7-14(11)18-8-6-13(33-18)10-15-20(28)26-23(32)27(21(15)29)17-4-2-3-16(24)19(17)25/h2-10H,1H3,(H,30,31)(H,26,28,32)/b15-10+. The van der Waals surface area contributed by atoms with Gasteiger partial charge in [0.05, 0.1) is 21.3 Å². The van der Waals surface area contributed by atoms with Crippen molar-refractivity contribution in [3.8, 4) is 11.3 Å². The van der Waals surface area contributed by atoms with Gasteiger partial charge in [0.2, 0.25) is 0 Å². The molecule has 8 nitrogen and oxygen atoms in total. The lowest BCUT2D eigenvalue weighted by molar-refractivity contribution is -0.122. The molecule has 1 fully saturated rings. The highest BCUT2D eigenvalue weighted by Crippen LogP contribution is 2.34. The van der Waals surface area contributed by atoms with Crippen molar-refractivity contribution in [3.63, 3.8) is 0 Å². The Bertz CT molecular complexity index is 1380. The van der Waals surface area contributed by atoms with Crippen LogP contribution in [0.15, 0.2) is 58.5 Å². The van der Waals surface area contributed by atoms with E-state index in [4.69, 9.17) is 32.7 Å². The molecule has 1 aliphatic heterocycles. The number of furan rings is 1. The second-order valence-electron chi connectivity index (χ2n) is 7.07. The molecule has 2 heterocycles. The first kappa shape index (κ1) is 22.3. The highest BCUT2D eigenvalue weighted by Gasteiger charge is 2.38. The first-order valence-electron chi connectivity index (χ1n) is 9.47. The van der Waals surface area contributed by atoms with Crippen molar-refractivity contribution < 1.29 is 28.7 Å². The van der Waals surface area contributed by atoms with Gasteiger partial charge in [-0.15, -0.1) is 0 Å². The molecule has 0 aliphatic carbocycles. The number of carboxylic acids is 1. The van der Waals surface area contributed by atoms with Crippen LogP contribution in [-0.4, -0.2) is 28.9 Å². The van der Waals surface area contributed by atoms with E-state index in [1.54, 1.807) is 25.1 Å². The second kappa shape index (κ2) is 8.57. The molecule has 3 aromatic rings. The van der Waals surface area contributed by atoms with Crippen LogP contribution in [0.3, 0.4) is 0 Å².